The van der Waals surface area contributed by atoms with Crippen LogP contribution >= 0.6 is 0 Å². The van der Waals surface area contributed by atoms with Gasteiger partial charge in [-0.1, -0.05) is 54.6 Å². The van der Waals surface area contributed by atoms with Crippen molar-refractivity contribution in [1.29, 1.82) is 0 Å². The van der Waals surface area contributed by atoms with E-state index in [0.29, 0.717) is 70.8 Å². The van der Waals surface area contributed by atoms with Crippen LogP contribution in [-0.2, 0) is 72.7 Å². The molecule has 14 nitrogen and oxygen atoms in total. The van der Waals surface area contributed by atoms with Gasteiger partial charge in [-0.3, -0.25) is 33.6 Å². The summed E-state index contributed by atoms with van der Waals surface area (Å²) >= 11 is 0. The van der Waals surface area contributed by atoms with Crippen LogP contribution in [0.2, 0.25) is 0 Å². The Kier molecular flexibility index (Phi) is 14.8. The number of nitrogens with one attached hydrogen (secondary N) is 2. The van der Waals surface area contributed by atoms with Gasteiger partial charge in [0.15, 0.2) is 0 Å². The van der Waals surface area contributed by atoms with Crippen molar-refractivity contribution in [3.05, 3.63) is 99.0 Å². The average Bonchev–Trinajstić information content (AvgIpc) is 3.68. The van der Waals surface area contributed by atoms with Crippen molar-refractivity contribution in [3.8, 4) is 0 Å². The zero-order valence-corrected chi connectivity index (χ0v) is 35.5. The zero-order valence-electron chi connectivity index (χ0n) is 35.5. The van der Waals surface area contributed by atoms with Gasteiger partial charge in [0.1, 0.15) is 6.04 Å². The summed E-state index contributed by atoms with van der Waals surface area (Å²) < 4.78 is 21.1. The fraction of sp³-hybridized carbons (Fsp3) is 0.511. The maximum atomic E-state index is 13.2. The number of carbonyl (C=O) groups is 4. The first-order valence-corrected chi connectivity index (χ1v) is 21.9. The number of para-hydroxylation sites is 2. The number of primary amides is 1. The van der Waals surface area contributed by atoms with Gasteiger partial charge in [0.2, 0.25) is 23.6 Å². The van der Waals surface area contributed by atoms with Crippen molar-refractivity contribution >= 4 is 40.3 Å². The summed E-state index contributed by atoms with van der Waals surface area (Å²) in [6.07, 6.45) is 7.56. The minimum absolute atomic E-state index is 0.0250. The molecule has 14 heteroatoms. The van der Waals surface area contributed by atoms with Gasteiger partial charge in [0.25, 0.3) is 0 Å². The molecule has 1 aromatic heterocycles. The highest BCUT2D eigenvalue weighted by Crippen LogP contribution is 2.38. The molecule has 0 aliphatic carbocycles. The van der Waals surface area contributed by atoms with Crippen LogP contribution in [0.1, 0.15) is 92.1 Å². The first kappa shape index (κ1) is 43.9. The fourth-order valence-electron chi connectivity index (χ4n) is 9.14. The Bertz CT molecular complexity index is 2250. The second kappa shape index (κ2) is 20.6. The summed E-state index contributed by atoms with van der Waals surface area (Å²) in [5.41, 5.74) is 13.7. The van der Waals surface area contributed by atoms with E-state index in [1.807, 2.05) is 30.0 Å². The number of piperidine rings is 1. The number of fused-ring (bicyclic) bond motifs is 1. The number of aryl methyl sites for hydroxylation is 4. The maximum Gasteiger partial charge on any atom is 0.329 e. The number of carbonyl (C=O) groups excluding carboxylic acids is 4. The highest BCUT2D eigenvalue weighted by Gasteiger charge is 2.37. The third-order valence-corrected chi connectivity index (χ3v) is 12.4. The maximum absolute atomic E-state index is 13.2. The summed E-state index contributed by atoms with van der Waals surface area (Å²) in [5, 5.41) is 6.01. The molecule has 326 valence electrons. The Labute approximate surface area is 357 Å². The molecule has 3 aliphatic rings. The SMILES string of the molecule is C[C@@H](OCc1ccc(CCCOCCOCCCc2cccc3c2n(C)c(=O)n3C2CCC(=O)NC2=O)cc1)[C@H](CCC(N)=O)NC[C@@H]1Cc2cccc3c2N1C(=O)CCC3. The van der Waals surface area contributed by atoms with Gasteiger partial charge in [0, 0.05) is 52.1 Å². The number of imidazole rings is 1. The molecule has 0 bridgehead atoms. The first-order chi connectivity index (χ1) is 29.6. The van der Waals surface area contributed by atoms with Crippen LogP contribution in [0, 0.1) is 0 Å². The molecule has 4 aromatic rings. The van der Waals surface area contributed by atoms with Gasteiger partial charge in [-0.15, -0.1) is 0 Å². The van der Waals surface area contributed by atoms with E-state index in [9.17, 15) is 24.0 Å². The molecule has 0 saturated carbocycles. The standard InChI is InChI=1S/C47H60N6O8/c1-31(38(20-22-41(48)54)49-29-37-28-36-12-3-9-34-11-5-15-43(56)52(37)44(34)36)61-30-33-18-16-32(17-19-33)8-6-24-59-26-27-60-25-7-13-35-10-4-14-39-45(35)51(2)47(58)53(39)40-21-23-42(55)50-46(40)57/h3-4,9-10,12,14,16-19,31,37-38,40,49H,5-8,11,13,15,20-30H2,1-2H3,(H2,48,54)(H,50,55,57)/t31-,37+,38+,40?/m1/s1. The Hall–Kier alpha value is -5.15. The number of hydrogen-bond donors (Lipinski definition) is 3. The molecule has 4 atom stereocenters. The Morgan fingerprint density at radius 1 is 0.885 bits per heavy atom. The van der Waals surface area contributed by atoms with Crippen molar-refractivity contribution in [2.24, 2.45) is 12.8 Å². The van der Waals surface area contributed by atoms with E-state index in [4.69, 9.17) is 19.9 Å². The molecule has 61 heavy (non-hydrogen) atoms. The second-order valence-corrected chi connectivity index (χ2v) is 16.6. The molecule has 7 rings (SSSR count). The second-order valence-electron chi connectivity index (χ2n) is 16.6. The largest absolute Gasteiger partial charge is 0.379 e. The van der Waals surface area contributed by atoms with Crippen LogP contribution in [0.3, 0.4) is 0 Å². The van der Waals surface area contributed by atoms with Crippen molar-refractivity contribution in [1.82, 2.24) is 19.8 Å². The van der Waals surface area contributed by atoms with Crippen LogP contribution in [0.15, 0.2) is 65.5 Å². The topological polar surface area (TPSA) is 176 Å². The number of benzene rings is 3. The predicted molar refractivity (Wildman–Crippen MR) is 232 cm³/mol. The zero-order chi connectivity index (χ0) is 42.9. The lowest BCUT2D eigenvalue weighted by molar-refractivity contribution is -0.135. The summed E-state index contributed by atoms with van der Waals surface area (Å²) in [6, 6.07) is 19.8. The number of amides is 4. The highest BCUT2D eigenvalue weighted by atomic mass is 16.5. The van der Waals surface area contributed by atoms with Crippen molar-refractivity contribution in [2.45, 2.75) is 115 Å². The summed E-state index contributed by atoms with van der Waals surface area (Å²) in [6.45, 7) is 5.26. The summed E-state index contributed by atoms with van der Waals surface area (Å²) in [7, 11) is 1.72. The van der Waals surface area contributed by atoms with Crippen LogP contribution in [0.5, 0.6) is 0 Å². The number of rotatable bonds is 22. The lowest BCUT2D eigenvalue weighted by atomic mass is 10.0. The van der Waals surface area contributed by atoms with E-state index in [1.54, 1.807) is 11.6 Å². The monoisotopic (exact) mass is 836 g/mol. The lowest BCUT2D eigenvalue weighted by Gasteiger charge is -2.30. The molecule has 1 unspecified atom stereocenters. The van der Waals surface area contributed by atoms with Crippen LogP contribution in [-0.4, -0.2) is 83.9 Å². The van der Waals surface area contributed by atoms with Gasteiger partial charge in [0.05, 0.1) is 48.7 Å². The normalized spacial score (nSPS) is 18.6. The Morgan fingerprint density at radius 2 is 1.61 bits per heavy atom. The average molecular weight is 837 g/mol. The van der Waals surface area contributed by atoms with Gasteiger partial charge in [-0.05, 0) is 98.6 Å². The van der Waals surface area contributed by atoms with Gasteiger partial charge >= 0.3 is 5.69 Å². The third-order valence-electron chi connectivity index (χ3n) is 12.4. The van der Waals surface area contributed by atoms with Crippen molar-refractivity contribution < 1.29 is 33.4 Å². The van der Waals surface area contributed by atoms with E-state index in [-0.39, 0.29) is 54.4 Å². The third kappa shape index (κ3) is 10.7. The lowest BCUT2D eigenvalue weighted by Crippen LogP contribution is -2.49. The number of hydrogen-bond acceptors (Lipinski definition) is 9. The molecule has 3 aromatic carbocycles. The molecule has 1 saturated heterocycles. The molecule has 0 radical (unpaired) electrons. The molecule has 3 aliphatic heterocycles. The smallest absolute Gasteiger partial charge is 0.329 e. The molecular weight excluding hydrogens is 777 g/mol. The molecule has 4 amide bonds. The predicted octanol–water partition coefficient (Wildman–Crippen LogP) is 4.34. The number of nitrogens with zero attached hydrogens (tertiary/aromatic N) is 3. The molecular formula is C47H60N6O8. The summed E-state index contributed by atoms with van der Waals surface area (Å²) in [4.78, 5) is 64.3. The summed E-state index contributed by atoms with van der Waals surface area (Å²) in [5.74, 6) is -0.905. The van der Waals surface area contributed by atoms with Gasteiger partial charge < -0.3 is 30.2 Å². The Morgan fingerprint density at radius 3 is 2.36 bits per heavy atom. The first-order valence-electron chi connectivity index (χ1n) is 21.9. The van der Waals surface area contributed by atoms with E-state index in [1.165, 1.54) is 21.3 Å². The molecule has 4 N–H and O–H groups in total. The van der Waals surface area contributed by atoms with Gasteiger partial charge in [-0.25, -0.2) is 4.79 Å². The van der Waals surface area contributed by atoms with E-state index in [0.717, 1.165) is 60.9 Å². The van der Waals surface area contributed by atoms with Crippen molar-refractivity contribution in [2.75, 3.05) is 37.9 Å². The minimum Gasteiger partial charge on any atom is -0.379 e. The number of ether oxygens (including phenoxy) is 3. The van der Waals surface area contributed by atoms with E-state index in [2.05, 4.69) is 53.1 Å². The van der Waals surface area contributed by atoms with Crippen LogP contribution in [0.25, 0.3) is 11.0 Å². The van der Waals surface area contributed by atoms with Crippen molar-refractivity contribution in [3.63, 3.8) is 0 Å². The quantitative estimate of drug-likeness (QED) is 0.0769. The highest BCUT2D eigenvalue weighted by molar-refractivity contribution is 6.00. The minimum atomic E-state index is -0.704. The molecule has 0 spiro atoms. The van der Waals surface area contributed by atoms with E-state index >= 15 is 0 Å². The van der Waals surface area contributed by atoms with Gasteiger partial charge in [-0.2, -0.15) is 0 Å². The number of imide groups is 1. The fourth-order valence-corrected chi connectivity index (χ4v) is 9.14. The number of anilines is 1. The molecule has 4 heterocycles. The van der Waals surface area contributed by atoms with E-state index < -0.39 is 11.9 Å². The number of aromatic nitrogens is 2. The van der Waals surface area contributed by atoms with Crippen LogP contribution in [0.4, 0.5) is 5.69 Å². The Balaban J connectivity index is 0.783. The van der Waals surface area contributed by atoms with Crippen LogP contribution < -0.4 is 27.0 Å². The molecule has 1 fully saturated rings. The number of nitrogens with two attached hydrogens (primary N) is 1.